The van der Waals surface area contributed by atoms with Gasteiger partial charge in [-0.15, -0.1) is 0 Å². The molecule has 5 heteroatoms. The summed E-state index contributed by atoms with van der Waals surface area (Å²) in [6, 6.07) is 6.95. The minimum absolute atomic E-state index is 0.167. The lowest BCUT2D eigenvalue weighted by molar-refractivity contribution is -0.117. The molecule has 0 radical (unpaired) electrons. The molecule has 0 aromatic heterocycles. The molecule has 3 N–H and O–H groups in total. The van der Waals surface area contributed by atoms with Crippen LogP contribution in [-0.4, -0.2) is 30.6 Å². The van der Waals surface area contributed by atoms with Gasteiger partial charge in [-0.3, -0.25) is 4.79 Å². The zero-order chi connectivity index (χ0) is 15.0. The van der Waals surface area contributed by atoms with Crippen LogP contribution < -0.4 is 15.8 Å². The van der Waals surface area contributed by atoms with Crippen molar-refractivity contribution in [1.82, 2.24) is 0 Å². The highest BCUT2D eigenvalue weighted by Gasteiger charge is 2.15. The second-order valence-electron chi connectivity index (χ2n) is 5.08. The molecule has 0 saturated carbocycles. The van der Waals surface area contributed by atoms with Gasteiger partial charge in [0.05, 0.1) is 18.3 Å². The number of para-hydroxylation sites is 2. The number of nitrogens with two attached hydrogens (primary N) is 1. The van der Waals surface area contributed by atoms with Crippen molar-refractivity contribution >= 4 is 23.4 Å². The Bertz CT molecular complexity index is 424. The molecule has 0 bridgehead atoms. The largest absolute Gasteiger partial charge is 0.491 e. The number of thioether (sulfide) groups is 1. The average Bonchev–Trinajstić information content (AvgIpc) is 2.43. The van der Waals surface area contributed by atoms with Crippen molar-refractivity contribution in [2.24, 2.45) is 11.7 Å². The van der Waals surface area contributed by atoms with E-state index in [-0.39, 0.29) is 5.91 Å². The molecule has 0 aliphatic heterocycles. The van der Waals surface area contributed by atoms with Gasteiger partial charge >= 0.3 is 0 Å². The number of ether oxygens (including phenoxy) is 1. The number of hydrogen-bond acceptors (Lipinski definition) is 4. The summed E-state index contributed by atoms with van der Waals surface area (Å²) in [5.41, 5.74) is 6.54. The molecular formula is C15H24N2O2S. The number of nitrogens with one attached hydrogen (secondary N) is 1. The van der Waals surface area contributed by atoms with Crippen LogP contribution in [0.25, 0.3) is 0 Å². The first kappa shape index (κ1) is 16.9. The Kier molecular flexibility index (Phi) is 7.47. The molecule has 0 aliphatic rings. The Morgan fingerprint density at radius 2 is 2.10 bits per heavy atom. The van der Waals surface area contributed by atoms with Crippen LogP contribution in [0.15, 0.2) is 24.3 Å². The third kappa shape index (κ3) is 5.84. The molecule has 0 heterocycles. The normalized spacial score (nSPS) is 12.2. The standard InChI is InChI=1S/C15H24N2O2S/c1-11(2)10-19-14-7-5-4-6-13(14)17-15(18)12(16)8-9-20-3/h4-7,11-12H,8-10,16H2,1-3H3,(H,17,18)/t12-/m1/s1. The topological polar surface area (TPSA) is 64.4 Å². The number of amides is 1. The van der Waals surface area contributed by atoms with Crippen LogP contribution in [0, 0.1) is 5.92 Å². The fourth-order valence-corrected chi connectivity index (χ4v) is 2.04. The summed E-state index contributed by atoms with van der Waals surface area (Å²) < 4.78 is 5.70. The maximum absolute atomic E-state index is 12.0. The summed E-state index contributed by atoms with van der Waals surface area (Å²) in [4.78, 5) is 12.0. The van der Waals surface area contributed by atoms with Gasteiger partial charge in [0, 0.05) is 0 Å². The molecule has 0 aliphatic carbocycles. The Hall–Kier alpha value is -1.20. The molecule has 1 rings (SSSR count). The van der Waals surface area contributed by atoms with Gasteiger partial charge in [0.25, 0.3) is 0 Å². The van der Waals surface area contributed by atoms with Crippen molar-refractivity contribution in [2.75, 3.05) is 23.9 Å². The maximum atomic E-state index is 12.0. The average molecular weight is 296 g/mol. The molecule has 0 spiro atoms. The van der Waals surface area contributed by atoms with Crippen molar-refractivity contribution in [1.29, 1.82) is 0 Å². The molecule has 112 valence electrons. The monoisotopic (exact) mass is 296 g/mol. The van der Waals surface area contributed by atoms with Gasteiger partial charge in [0.2, 0.25) is 5.91 Å². The van der Waals surface area contributed by atoms with E-state index in [9.17, 15) is 4.79 Å². The summed E-state index contributed by atoms with van der Waals surface area (Å²) in [7, 11) is 0. The Balaban J connectivity index is 2.64. The van der Waals surface area contributed by atoms with Crippen LogP contribution in [-0.2, 0) is 4.79 Å². The van der Waals surface area contributed by atoms with E-state index >= 15 is 0 Å². The van der Waals surface area contributed by atoms with E-state index in [1.807, 2.05) is 30.5 Å². The molecule has 0 saturated heterocycles. The van der Waals surface area contributed by atoms with E-state index in [1.165, 1.54) is 0 Å². The van der Waals surface area contributed by atoms with Crippen LogP contribution >= 0.6 is 11.8 Å². The van der Waals surface area contributed by atoms with Gasteiger partial charge in [-0.05, 0) is 36.5 Å². The van der Waals surface area contributed by atoms with Crippen LogP contribution in [0.4, 0.5) is 5.69 Å². The number of rotatable bonds is 8. The molecular weight excluding hydrogens is 272 g/mol. The molecule has 0 fully saturated rings. The predicted octanol–water partition coefficient (Wildman–Crippen LogP) is 2.74. The molecule has 4 nitrogen and oxygen atoms in total. The van der Waals surface area contributed by atoms with E-state index in [0.29, 0.717) is 30.4 Å². The summed E-state index contributed by atoms with van der Waals surface area (Å²) in [6.45, 7) is 4.78. The third-order valence-electron chi connectivity index (χ3n) is 2.69. The fourth-order valence-electron chi connectivity index (χ4n) is 1.55. The smallest absolute Gasteiger partial charge is 0.241 e. The first-order valence-corrected chi connectivity index (χ1v) is 8.21. The Labute approximate surface area is 125 Å². The van der Waals surface area contributed by atoms with Gasteiger partial charge in [0.15, 0.2) is 0 Å². The first-order chi connectivity index (χ1) is 9.54. The zero-order valence-electron chi connectivity index (χ0n) is 12.4. The first-order valence-electron chi connectivity index (χ1n) is 6.81. The highest BCUT2D eigenvalue weighted by molar-refractivity contribution is 7.98. The van der Waals surface area contributed by atoms with E-state index in [0.717, 1.165) is 5.75 Å². The number of anilines is 1. The molecule has 1 aromatic carbocycles. The number of carbonyl (C=O) groups is 1. The minimum atomic E-state index is -0.486. The lowest BCUT2D eigenvalue weighted by Crippen LogP contribution is -2.36. The van der Waals surface area contributed by atoms with E-state index < -0.39 is 6.04 Å². The number of benzene rings is 1. The van der Waals surface area contributed by atoms with Crippen molar-refractivity contribution in [3.63, 3.8) is 0 Å². The quantitative estimate of drug-likeness (QED) is 0.774. The molecule has 20 heavy (non-hydrogen) atoms. The predicted molar refractivity (Wildman–Crippen MR) is 86.4 cm³/mol. The van der Waals surface area contributed by atoms with Crippen LogP contribution in [0.1, 0.15) is 20.3 Å². The summed E-state index contributed by atoms with van der Waals surface area (Å²) in [5, 5.41) is 2.84. The minimum Gasteiger partial charge on any atom is -0.491 e. The fraction of sp³-hybridized carbons (Fsp3) is 0.533. The lowest BCUT2D eigenvalue weighted by atomic mass is 10.2. The third-order valence-corrected chi connectivity index (χ3v) is 3.33. The highest BCUT2D eigenvalue weighted by Crippen LogP contribution is 2.24. The molecule has 1 amide bonds. The van der Waals surface area contributed by atoms with Crippen LogP contribution in [0.5, 0.6) is 5.75 Å². The second kappa shape index (κ2) is 8.87. The van der Waals surface area contributed by atoms with Gasteiger partial charge in [-0.1, -0.05) is 26.0 Å². The van der Waals surface area contributed by atoms with E-state index in [2.05, 4.69) is 19.2 Å². The maximum Gasteiger partial charge on any atom is 0.241 e. The highest BCUT2D eigenvalue weighted by atomic mass is 32.2. The van der Waals surface area contributed by atoms with Crippen LogP contribution in [0.3, 0.4) is 0 Å². The second-order valence-corrected chi connectivity index (χ2v) is 6.06. The van der Waals surface area contributed by atoms with Crippen molar-refractivity contribution in [2.45, 2.75) is 26.3 Å². The zero-order valence-corrected chi connectivity index (χ0v) is 13.2. The Morgan fingerprint density at radius 3 is 2.75 bits per heavy atom. The summed E-state index contributed by atoms with van der Waals surface area (Å²) in [6.07, 6.45) is 2.67. The molecule has 0 unspecified atom stereocenters. The molecule has 1 aromatic rings. The summed E-state index contributed by atoms with van der Waals surface area (Å²) in [5.74, 6) is 1.83. The number of hydrogen-bond donors (Lipinski definition) is 2. The molecule has 1 atom stereocenters. The SMILES string of the molecule is CSCC[C@@H](N)C(=O)Nc1ccccc1OCC(C)C. The van der Waals surface area contributed by atoms with Gasteiger partial charge < -0.3 is 15.8 Å². The van der Waals surface area contributed by atoms with Crippen molar-refractivity contribution < 1.29 is 9.53 Å². The van der Waals surface area contributed by atoms with E-state index in [4.69, 9.17) is 10.5 Å². The van der Waals surface area contributed by atoms with Gasteiger partial charge in [-0.2, -0.15) is 11.8 Å². The Morgan fingerprint density at radius 1 is 1.40 bits per heavy atom. The summed E-state index contributed by atoms with van der Waals surface area (Å²) >= 11 is 1.68. The van der Waals surface area contributed by atoms with Gasteiger partial charge in [0.1, 0.15) is 5.75 Å². The number of carbonyl (C=O) groups excluding carboxylic acids is 1. The van der Waals surface area contributed by atoms with Gasteiger partial charge in [-0.25, -0.2) is 0 Å². The van der Waals surface area contributed by atoms with Crippen molar-refractivity contribution in [3.8, 4) is 5.75 Å². The van der Waals surface area contributed by atoms with Crippen molar-refractivity contribution in [3.05, 3.63) is 24.3 Å². The van der Waals surface area contributed by atoms with E-state index in [1.54, 1.807) is 11.8 Å². The lowest BCUT2D eigenvalue weighted by Gasteiger charge is -2.16. The van der Waals surface area contributed by atoms with Crippen LogP contribution in [0.2, 0.25) is 0 Å².